The van der Waals surface area contributed by atoms with Gasteiger partial charge in [-0.05, 0) is 69.2 Å². The smallest absolute Gasteiger partial charge is 0.339 e. The van der Waals surface area contributed by atoms with Crippen molar-refractivity contribution in [3.63, 3.8) is 0 Å². The first-order valence-electron chi connectivity index (χ1n) is 10.2. The van der Waals surface area contributed by atoms with Gasteiger partial charge in [0.15, 0.2) is 0 Å². The molecule has 31 heavy (non-hydrogen) atoms. The maximum absolute atomic E-state index is 13.1. The fourth-order valence-electron chi connectivity index (χ4n) is 3.09. The number of nitrogens with one attached hydrogen (secondary N) is 1. The monoisotopic (exact) mass is 417 g/mol. The van der Waals surface area contributed by atoms with Crippen LogP contribution in [0.3, 0.4) is 0 Å². The van der Waals surface area contributed by atoms with Crippen LogP contribution in [-0.4, -0.2) is 18.0 Å². The van der Waals surface area contributed by atoms with Crippen LogP contribution in [0.4, 0.5) is 5.69 Å². The highest BCUT2D eigenvalue weighted by Crippen LogP contribution is 2.24. The Hall–Kier alpha value is -3.60. The molecule has 0 aliphatic heterocycles. The molecule has 0 aromatic heterocycles. The Morgan fingerprint density at radius 2 is 1.55 bits per heavy atom. The van der Waals surface area contributed by atoms with Gasteiger partial charge in [-0.1, -0.05) is 42.5 Å². The molecule has 1 N–H and O–H groups in total. The van der Waals surface area contributed by atoms with E-state index in [9.17, 15) is 9.59 Å². The lowest BCUT2D eigenvalue weighted by atomic mass is 10.1. The van der Waals surface area contributed by atoms with Gasteiger partial charge in [-0.15, -0.1) is 0 Å². The zero-order valence-electron chi connectivity index (χ0n) is 18.2. The van der Waals surface area contributed by atoms with Crippen molar-refractivity contribution in [2.24, 2.45) is 0 Å². The predicted molar refractivity (Wildman–Crippen MR) is 121 cm³/mol. The number of ether oxygens (including phenoxy) is 2. The van der Waals surface area contributed by atoms with Crippen molar-refractivity contribution in [2.75, 3.05) is 5.32 Å². The van der Waals surface area contributed by atoms with Crippen LogP contribution in [0.2, 0.25) is 0 Å². The van der Waals surface area contributed by atoms with Crippen LogP contribution in [0, 0.1) is 13.8 Å². The molecular formula is C26H27NO4. The number of benzene rings is 3. The predicted octanol–water partition coefficient (Wildman–Crippen LogP) is 5.63. The minimum Gasteiger partial charge on any atom is -0.491 e. The number of carbonyl (C=O) groups is 2. The fraction of sp³-hybridized carbons (Fsp3) is 0.231. The Kier molecular flexibility index (Phi) is 7.08. The molecule has 0 bridgehead atoms. The van der Waals surface area contributed by atoms with Crippen molar-refractivity contribution >= 4 is 17.6 Å². The summed E-state index contributed by atoms with van der Waals surface area (Å²) in [5.41, 5.74) is 3.59. The van der Waals surface area contributed by atoms with Crippen LogP contribution in [0.1, 0.15) is 47.0 Å². The minimum absolute atomic E-state index is 0.0361. The summed E-state index contributed by atoms with van der Waals surface area (Å²) in [5, 5.41) is 2.90. The summed E-state index contributed by atoms with van der Waals surface area (Å²) in [6.07, 6.45) is -1.05. The first-order valence-corrected chi connectivity index (χ1v) is 10.2. The molecule has 5 nitrogen and oxygen atoms in total. The van der Waals surface area contributed by atoms with Crippen molar-refractivity contribution in [2.45, 2.75) is 39.9 Å². The first kappa shape index (κ1) is 22.1. The van der Waals surface area contributed by atoms with E-state index in [1.807, 2.05) is 52.0 Å². The number of hydrogen-bond donors (Lipinski definition) is 1. The third kappa shape index (κ3) is 5.95. The number of rotatable bonds is 7. The van der Waals surface area contributed by atoms with Crippen LogP contribution < -0.4 is 10.1 Å². The Morgan fingerprint density at radius 1 is 0.871 bits per heavy atom. The van der Waals surface area contributed by atoms with Gasteiger partial charge < -0.3 is 14.8 Å². The molecule has 3 rings (SSSR count). The summed E-state index contributed by atoms with van der Waals surface area (Å²) < 4.78 is 11.3. The number of aryl methyl sites for hydroxylation is 2. The van der Waals surface area contributed by atoms with E-state index in [0.717, 1.165) is 11.1 Å². The van der Waals surface area contributed by atoms with Crippen molar-refractivity contribution in [1.29, 1.82) is 0 Å². The second-order valence-corrected chi connectivity index (χ2v) is 7.69. The van der Waals surface area contributed by atoms with Crippen LogP contribution in [0.15, 0.2) is 72.8 Å². The van der Waals surface area contributed by atoms with Crippen molar-refractivity contribution in [1.82, 2.24) is 0 Å². The van der Waals surface area contributed by atoms with E-state index in [-0.39, 0.29) is 6.10 Å². The normalized spacial score (nSPS) is 11.6. The third-order valence-electron chi connectivity index (χ3n) is 4.68. The van der Waals surface area contributed by atoms with E-state index in [1.165, 1.54) is 0 Å². The summed E-state index contributed by atoms with van der Waals surface area (Å²) in [6.45, 7) is 7.73. The molecule has 0 saturated heterocycles. The summed E-state index contributed by atoms with van der Waals surface area (Å²) in [6, 6.07) is 21.5. The molecule has 5 heteroatoms. The Balaban J connectivity index is 1.81. The molecule has 0 spiro atoms. The summed E-state index contributed by atoms with van der Waals surface area (Å²) in [5.74, 6) is -0.326. The topological polar surface area (TPSA) is 64.6 Å². The highest BCUT2D eigenvalue weighted by Gasteiger charge is 2.26. The Labute approximate surface area is 183 Å². The molecule has 1 amide bonds. The molecule has 1 atom stereocenters. The van der Waals surface area contributed by atoms with Gasteiger partial charge in [-0.2, -0.15) is 0 Å². The van der Waals surface area contributed by atoms with E-state index in [0.29, 0.717) is 22.6 Å². The number of anilines is 1. The molecule has 0 saturated carbocycles. The SMILES string of the molecule is Cc1ccc(C)c(NC(=O)[C@H](OC(=O)c2ccc(OC(C)C)cc2)c2ccccc2)c1. The zero-order valence-corrected chi connectivity index (χ0v) is 18.2. The van der Waals surface area contributed by atoms with Gasteiger partial charge in [0, 0.05) is 11.3 Å². The highest BCUT2D eigenvalue weighted by atomic mass is 16.5. The van der Waals surface area contributed by atoms with Crippen molar-refractivity contribution in [3.8, 4) is 5.75 Å². The molecular weight excluding hydrogens is 390 g/mol. The Morgan fingerprint density at radius 3 is 2.19 bits per heavy atom. The van der Waals surface area contributed by atoms with Gasteiger partial charge in [-0.3, -0.25) is 4.79 Å². The molecule has 0 aliphatic rings. The molecule has 3 aromatic carbocycles. The minimum atomic E-state index is -1.08. The van der Waals surface area contributed by atoms with E-state index < -0.39 is 18.0 Å². The van der Waals surface area contributed by atoms with Crippen LogP contribution in [0.5, 0.6) is 5.75 Å². The molecule has 160 valence electrons. The Bertz CT molecular complexity index is 1040. The van der Waals surface area contributed by atoms with E-state index >= 15 is 0 Å². The van der Waals surface area contributed by atoms with Gasteiger partial charge in [0.2, 0.25) is 6.10 Å². The second kappa shape index (κ2) is 9.94. The lowest BCUT2D eigenvalue weighted by Gasteiger charge is -2.19. The lowest BCUT2D eigenvalue weighted by molar-refractivity contribution is -0.125. The molecule has 3 aromatic rings. The van der Waals surface area contributed by atoms with Crippen molar-refractivity contribution < 1.29 is 19.1 Å². The number of amides is 1. The average Bonchev–Trinajstić information content (AvgIpc) is 2.75. The summed E-state index contributed by atoms with van der Waals surface area (Å²) in [4.78, 5) is 25.9. The van der Waals surface area contributed by atoms with Crippen LogP contribution in [-0.2, 0) is 9.53 Å². The zero-order chi connectivity index (χ0) is 22.4. The van der Waals surface area contributed by atoms with Gasteiger partial charge >= 0.3 is 5.97 Å². The largest absolute Gasteiger partial charge is 0.491 e. The highest BCUT2D eigenvalue weighted by molar-refractivity contribution is 5.98. The second-order valence-electron chi connectivity index (χ2n) is 7.69. The number of hydrogen-bond acceptors (Lipinski definition) is 4. The number of esters is 1. The molecule has 0 heterocycles. The maximum Gasteiger partial charge on any atom is 0.339 e. The fourth-order valence-corrected chi connectivity index (χ4v) is 3.09. The standard InChI is InChI=1S/C26H27NO4/c1-17(2)30-22-14-12-21(13-15-22)26(29)31-24(20-8-6-5-7-9-20)25(28)27-23-16-18(3)10-11-19(23)4/h5-17,24H,1-4H3,(H,27,28)/t24-/m1/s1. The van der Waals surface area contributed by atoms with Crippen LogP contribution in [0.25, 0.3) is 0 Å². The van der Waals surface area contributed by atoms with Gasteiger partial charge in [0.25, 0.3) is 5.91 Å². The maximum atomic E-state index is 13.1. The van der Waals surface area contributed by atoms with E-state index in [2.05, 4.69) is 5.32 Å². The molecule has 0 unspecified atom stereocenters. The lowest BCUT2D eigenvalue weighted by Crippen LogP contribution is -2.26. The summed E-state index contributed by atoms with van der Waals surface area (Å²) in [7, 11) is 0. The van der Waals surface area contributed by atoms with E-state index in [1.54, 1.807) is 48.5 Å². The van der Waals surface area contributed by atoms with Gasteiger partial charge in [-0.25, -0.2) is 4.79 Å². The third-order valence-corrected chi connectivity index (χ3v) is 4.68. The van der Waals surface area contributed by atoms with Crippen LogP contribution >= 0.6 is 0 Å². The van der Waals surface area contributed by atoms with Gasteiger partial charge in [0.1, 0.15) is 5.75 Å². The number of carbonyl (C=O) groups excluding carboxylic acids is 2. The van der Waals surface area contributed by atoms with E-state index in [4.69, 9.17) is 9.47 Å². The molecule has 0 aliphatic carbocycles. The molecule has 0 fully saturated rings. The summed E-state index contributed by atoms with van der Waals surface area (Å²) >= 11 is 0. The average molecular weight is 418 g/mol. The molecule has 0 radical (unpaired) electrons. The van der Waals surface area contributed by atoms with Gasteiger partial charge in [0.05, 0.1) is 11.7 Å². The first-order chi connectivity index (χ1) is 14.8. The van der Waals surface area contributed by atoms with Crippen molar-refractivity contribution in [3.05, 3.63) is 95.1 Å². The quantitative estimate of drug-likeness (QED) is 0.506.